The van der Waals surface area contributed by atoms with Crippen molar-refractivity contribution in [2.75, 3.05) is 18.0 Å². The molecule has 3 nitrogen and oxygen atoms in total. The monoisotopic (exact) mass is 280 g/mol. The number of anilines is 1. The molecule has 1 saturated carbocycles. The topological polar surface area (TPSA) is 29.3 Å². The average molecular weight is 280 g/mol. The van der Waals surface area contributed by atoms with Crippen molar-refractivity contribution in [1.29, 1.82) is 0 Å². The highest BCUT2D eigenvalue weighted by Crippen LogP contribution is 2.61. The summed E-state index contributed by atoms with van der Waals surface area (Å²) in [4.78, 5) is 2.45. The predicted molar refractivity (Wildman–Crippen MR) is 82.7 cm³/mol. The highest BCUT2D eigenvalue weighted by Gasteiger charge is 2.56. The maximum absolute atomic E-state index is 5.69. The Hall–Kier alpha value is -1.77. The summed E-state index contributed by atoms with van der Waals surface area (Å²) < 4.78 is 5.69. The molecule has 0 radical (unpaired) electrons. The average Bonchev–Trinajstić information content (AvgIpc) is 2.89. The van der Waals surface area contributed by atoms with Gasteiger partial charge in [-0.2, -0.15) is 0 Å². The van der Waals surface area contributed by atoms with Gasteiger partial charge < -0.3 is 9.42 Å². The van der Waals surface area contributed by atoms with Crippen LogP contribution in [0.1, 0.15) is 36.6 Å². The van der Waals surface area contributed by atoms with Gasteiger partial charge in [0.2, 0.25) is 0 Å². The third kappa shape index (κ3) is 1.42. The zero-order valence-electron chi connectivity index (χ0n) is 12.6. The maximum Gasteiger partial charge on any atom is 0.170 e. The van der Waals surface area contributed by atoms with E-state index in [0.717, 1.165) is 23.8 Å². The standard InChI is InChI=1S/C18H20N2O/c1-11-9-18(11)10-15-12(2)19-21-17(15)14-8-13(4-5-16(14)18)20-6-3-7-20/h4-5,8,11H,3,6-7,9-10H2,1-2H3/t11-,18+/m1/s1. The number of aromatic nitrogens is 1. The summed E-state index contributed by atoms with van der Waals surface area (Å²) in [5.74, 6) is 1.79. The molecule has 108 valence electrons. The Morgan fingerprint density at radius 1 is 1.33 bits per heavy atom. The van der Waals surface area contributed by atoms with E-state index in [0.29, 0.717) is 5.41 Å². The molecule has 2 aromatic rings. The SMILES string of the molecule is Cc1noc2c1C[C@]1(C[C@H]1C)c1ccc(N3CCC3)cc1-2. The third-order valence-corrected chi connectivity index (χ3v) is 5.94. The second-order valence-electron chi connectivity index (χ2n) is 7.08. The van der Waals surface area contributed by atoms with Crippen LogP contribution in [-0.4, -0.2) is 18.2 Å². The molecule has 1 aromatic carbocycles. The fraction of sp³-hybridized carbons (Fsp3) is 0.500. The summed E-state index contributed by atoms with van der Waals surface area (Å²) in [6, 6.07) is 7.00. The van der Waals surface area contributed by atoms with Gasteiger partial charge in [-0.3, -0.25) is 0 Å². The van der Waals surface area contributed by atoms with Crippen LogP contribution in [0.25, 0.3) is 11.3 Å². The van der Waals surface area contributed by atoms with Gasteiger partial charge in [-0.1, -0.05) is 18.1 Å². The smallest absolute Gasteiger partial charge is 0.170 e. The van der Waals surface area contributed by atoms with Gasteiger partial charge in [0.15, 0.2) is 5.76 Å². The van der Waals surface area contributed by atoms with Gasteiger partial charge in [0, 0.05) is 35.3 Å². The molecule has 0 N–H and O–H groups in total. The molecule has 5 rings (SSSR count). The largest absolute Gasteiger partial charge is 0.371 e. The zero-order valence-corrected chi connectivity index (χ0v) is 12.6. The van der Waals surface area contributed by atoms with Crippen molar-refractivity contribution >= 4 is 5.69 Å². The Balaban J connectivity index is 1.72. The Bertz CT molecular complexity index is 744. The summed E-state index contributed by atoms with van der Waals surface area (Å²) in [6.07, 6.45) is 3.72. The van der Waals surface area contributed by atoms with Crippen LogP contribution in [0.3, 0.4) is 0 Å². The maximum atomic E-state index is 5.69. The summed E-state index contributed by atoms with van der Waals surface area (Å²) in [5, 5.41) is 4.24. The quantitative estimate of drug-likeness (QED) is 0.797. The third-order valence-electron chi connectivity index (χ3n) is 5.94. The molecule has 2 fully saturated rings. The minimum absolute atomic E-state index is 0.353. The first-order chi connectivity index (χ1) is 10.2. The molecule has 0 unspecified atom stereocenters. The Morgan fingerprint density at radius 2 is 2.14 bits per heavy atom. The number of fused-ring (bicyclic) bond motifs is 4. The second-order valence-corrected chi connectivity index (χ2v) is 7.08. The number of hydrogen-bond acceptors (Lipinski definition) is 3. The molecule has 3 heteroatoms. The summed E-state index contributed by atoms with van der Waals surface area (Å²) in [7, 11) is 0. The van der Waals surface area contributed by atoms with E-state index >= 15 is 0 Å². The van der Waals surface area contributed by atoms with E-state index in [1.807, 2.05) is 0 Å². The minimum atomic E-state index is 0.353. The molecular formula is C18H20N2O. The highest BCUT2D eigenvalue weighted by molar-refractivity contribution is 5.76. The van der Waals surface area contributed by atoms with E-state index < -0.39 is 0 Å². The molecule has 1 aliphatic heterocycles. The number of aryl methyl sites for hydroxylation is 1. The molecule has 1 aromatic heterocycles. The van der Waals surface area contributed by atoms with Crippen molar-refractivity contribution < 1.29 is 4.52 Å². The number of rotatable bonds is 1. The molecule has 2 atom stereocenters. The molecule has 2 heterocycles. The van der Waals surface area contributed by atoms with Gasteiger partial charge in [0.25, 0.3) is 0 Å². The summed E-state index contributed by atoms with van der Waals surface area (Å²) in [5.41, 5.74) is 6.89. The fourth-order valence-corrected chi connectivity index (χ4v) is 4.25. The van der Waals surface area contributed by atoms with Crippen molar-refractivity contribution in [3.05, 3.63) is 35.0 Å². The molecule has 0 amide bonds. The van der Waals surface area contributed by atoms with Crippen LogP contribution in [0.5, 0.6) is 0 Å². The van der Waals surface area contributed by atoms with Crippen LogP contribution >= 0.6 is 0 Å². The first-order valence-electron chi connectivity index (χ1n) is 8.04. The van der Waals surface area contributed by atoms with Crippen LogP contribution in [0, 0.1) is 12.8 Å². The Labute approximate surface area is 124 Å². The molecule has 1 spiro atoms. The molecule has 21 heavy (non-hydrogen) atoms. The van der Waals surface area contributed by atoms with Crippen molar-refractivity contribution in [2.45, 2.75) is 38.5 Å². The lowest BCUT2D eigenvalue weighted by Crippen LogP contribution is -2.37. The van der Waals surface area contributed by atoms with E-state index in [-0.39, 0.29) is 0 Å². The normalized spacial score (nSPS) is 29.0. The minimum Gasteiger partial charge on any atom is -0.371 e. The summed E-state index contributed by atoms with van der Waals surface area (Å²) in [6.45, 7) is 6.82. The first-order valence-corrected chi connectivity index (χ1v) is 8.04. The lowest BCUT2D eigenvalue weighted by atomic mass is 9.77. The number of benzene rings is 1. The number of hydrogen-bond donors (Lipinski definition) is 0. The first kappa shape index (κ1) is 11.8. The fourth-order valence-electron chi connectivity index (χ4n) is 4.25. The molecule has 1 saturated heterocycles. The predicted octanol–water partition coefficient (Wildman–Crippen LogP) is 3.69. The number of nitrogens with zero attached hydrogens (tertiary/aromatic N) is 2. The highest BCUT2D eigenvalue weighted by atomic mass is 16.5. The van der Waals surface area contributed by atoms with Gasteiger partial charge in [-0.25, -0.2) is 0 Å². The van der Waals surface area contributed by atoms with E-state index in [1.165, 1.54) is 48.3 Å². The van der Waals surface area contributed by atoms with Crippen molar-refractivity contribution in [2.24, 2.45) is 5.92 Å². The van der Waals surface area contributed by atoms with E-state index in [2.05, 4.69) is 42.1 Å². The van der Waals surface area contributed by atoms with Gasteiger partial charge in [0.05, 0.1) is 5.69 Å². The van der Waals surface area contributed by atoms with E-state index in [4.69, 9.17) is 4.52 Å². The van der Waals surface area contributed by atoms with Gasteiger partial charge in [-0.05, 0) is 49.8 Å². The zero-order chi connectivity index (χ0) is 14.2. The van der Waals surface area contributed by atoms with Crippen LogP contribution < -0.4 is 4.90 Å². The van der Waals surface area contributed by atoms with Crippen molar-refractivity contribution in [3.63, 3.8) is 0 Å². The Morgan fingerprint density at radius 3 is 2.81 bits per heavy atom. The second kappa shape index (κ2) is 3.70. The van der Waals surface area contributed by atoms with Crippen LogP contribution in [0.15, 0.2) is 22.7 Å². The molecular weight excluding hydrogens is 260 g/mol. The van der Waals surface area contributed by atoms with Crippen LogP contribution in [0.4, 0.5) is 5.69 Å². The van der Waals surface area contributed by atoms with Gasteiger partial charge in [-0.15, -0.1) is 0 Å². The van der Waals surface area contributed by atoms with Gasteiger partial charge in [0.1, 0.15) is 0 Å². The van der Waals surface area contributed by atoms with E-state index in [1.54, 1.807) is 0 Å². The lowest BCUT2D eigenvalue weighted by Gasteiger charge is -2.34. The molecule has 3 aliphatic rings. The molecule has 2 aliphatic carbocycles. The van der Waals surface area contributed by atoms with Crippen LogP contribution in [0.2, 0.25) is 0 Å². The summed E-state index contributed by atoms with van der Waals surface area (Å²) >= 11 is 0. The van der Waals surface area contributed by atoms with Crippen molar-refractivity contribution in [1.82, 2.24) is 5.16 Å². The molecule has 0 bridgehead atoms. The Kier molecular flexibility index (Phi) is 2.09. The van der Waals surface area contributed by atoms with E-state index in [9.17, 15) is 0 Å². The van der Waals surface area contributed by atoms with Crippen LogP contribution in [-0.2, 0) is 11.8 Å². The lowest BCUT2D eigenvalue weighted by molar-refractivity contribution is 0.424. The van der Waals surface area contributed by atoms with Crippen molar-refractivity contribution in [3.8, 4) is 11.3 Å². The van der Waals surface area contributed by atoms with Gasteiger partial charge >= 0.3 is 0 Å².